The first-order valence-corrected chi connectivity index (χ1v) is 13.6. The zero-order valence-electron chi connectivity index (χ0n) is 20.6. The second-order valence-electron chi connectivity index (χ2n) is 8.91. The molecule has 2 aromatic carbocycles. The molecule has 0 heterocycles. The maximum absolute atomic E-state index is 13.2. The topological polar surface area (TPSA) is 55.4 Å². The van der Waals surface area contributed by atoms with Gasteiger partial charge in [0.1, 0.15) is 6.29 Å². The van der Waals surface area contributed by atoms with E-state index in [1.807, 2.05) is 37.3 Å². The Labute approximate surface area is 203 Å². The number of benzene rings is 2. The normalized spacial score (nSPS) is 13.9. The van der Waals surface area contributed by atoms with E-state index in [1.165, 1.54) is 19.3 Å². The first-order valence-electron chi connectivity index (χ1n) is 12.5. The predicted octanol–water partition coefficient (Wildman–Crippen LogP) is 7.09. The van der Waals surface area contributed by atoms with Gasteiger partial charge in [0, 0.05) is 12.2 Å². The van der Waals surface area contributed by atoms with Crippen molar-refractivity contribution in [2.45, 2.75) is 83.5 Å². The van der Waals surface area contributed by atoms with Crippen LogP contribution in [0, 0.1) is 5.41 Å². The van der Waals surface area contributed by atoms with Gasteiger partial charge in [0.2, 0.25) is 0 Å². The van der Waals surface area contributed by atoms with Crippen LogP contribution in [0.5, 0.6) is 0 Å². The Morgan fingerprint density at radius 1 is 0.970 bits per heavy atom. The van der Waals surface area contributed by atoms with E-state index < -0.39 is 16.5 Å². The third-order valence-electron chi connectivity index (χ3n) is 6.27. The van der Waals surface area contributed by atoms with Gasteiger partial charge in [0.25, 0.3) is 0 Å². The standard InChI is InChI=1S/C28H41NO3S/c1-4-7-9-13-19-29-26-16-17-27(25(21-26)20-24-14-11-10-12-15-24)33(31)32-23-28(6-3,22-30)18-8-5-2/h10-12,14-17,21-22,29H,4-9,13,18-20,23H2,1-3H3. The van der Waals surface area contributed by atoms with Gasteiger partial charge in [-0.25, -0.2) is 4.21 Å². The van der Waals surface area contributed by atoms with Crippen molar-refractivity contribution >= 4 is 23.1 Å². The van der Waals surface area contributed by atoms with Gasteiger partial charge in [-0.1, -0.05) is 83.2 Å². The van der Waals surface area contributed by atoms with Crippen LogP contribution in [-0.4, -0.2) is 23.6 Å². The molecule has 33 heavy (non-hydrogen) atoms. The summed E-state index contributed by atoms with van der Waals surface area (Å²) in [6.45, 7) is 7.44. The molecule has 0 bridgehead atoms. The van der Waals surface area contributed by atoms with Gasteiger partial charge < -0.3 is 10.1 Å². The third-order valence-corrected chi connectivity index (χ3v) is 7.36. The minimum Gasteiger partial charge on any atom is -0.385 e. The van der Waals surface area contributed by atoms with E-state index in [2.05, 4.69) is 37.4 Å². The summed E-state index contributed by atoms with van der Waals surface area (Å²) in [5.74, 6) is 0. The lowest BCUT2D eigenvalue weighted by molar-refractivity contribution is -0.118. The molecule has 0 fully saturated rings. The molecule has 2 aromatic rings. The van der Waals surface area contributed by atoms with Crippen LogP contribution >= 0.6 is 0 Å². The molecule has 0 amide bonds. The fourth-order valence-electron chi connectivity index (χ4n) is 3.88. The fourth-order valence-corrected chi connectivity index (χ4v) is 4.87. The molecule has 0 aliphatic carbocycles. The highest BCUT2D eigenvalue weighted by atomic mass is 32.2. The molecule has 0 aliphatic rings. The Morgan fingerprint density at radius 3 is 2.39 bits per heavy atom. The number of anilines is 1. The second kappa shape index (κ2) is 15.0. The SMILES string of the molecule is CCCCCCNc1ccc(S(=O)OCC(C=O)(CC)CCCC)c(Cc2ccccc2)c1. The van der Waals surface area contributed by atoms with E-state index in [0.717, 1.165) is 55.3 Å². The van der Waals surface area contributed by atoms with Crippen LogP contribution < -0.4 is 5.32 Å². The largest absolute Gasteiger partial charge is 0.385 e. The van der Waals surface area contributed by atoms with Crippen molar-refractivity contribution in [3.05, 3.63) is 59.7 Å². The monoisotopic (exact) mass is 471 g/mol. The highest BCUT2D eigenvalue weighted by Crippen LogP contribution is 2.29. The predicted molar refractivity (Wildman–Crippen MR) is 139 cm³/mol. The van der Waals surface area contributed by atoms with Crippen LogP contribution in [0.2, 0.25) is 0 Å². The van der Waals surface area contributed by atoms with Gasteiger partial charge in [-0.2, -0.15) is 0 Å². The van der Waals surface area contributed by atoms with Crippen molar-refractivity contribution in [2.75, 3.05) is 18.5 Å². The molecular formula is C28H41NO3S. The lowest BCUT2D eigenvalue weighted by Gasteiger charge is -2.25. The summed E-state index contributed by atoms with van der Waals surface area (Å²) >= 11 is -1.63. The van der Waals surface area contributed by atoms with Crippen LogP contribution in [0.15, 0.2) is 53.4 Å². The minimum atomic E-state index is -1.63. The molecule has 4 nitrogen and oxygen atoms in total. The summed E-state index contributed by atoms with van der Waals surface area (Å²) in [5.41, 5.74) is 2.62. The smallest absolute Gasteiger partial charge is 0.189 e. The first kappa shape index (κ1) is 27.3. The van der Waals surface area contributed by atoms with Gasteiger partial charge in [-0.15, -0.1) is 0 Å². The van der Waals surface area contributed by atoms with Crippen LogP contribution in [0.1, 0.15) is 83.3 Å². The maximum atomic E-state index is 13.2. The molecule has 1 N–H and O–H groups in total. The molecule has 5 heteroatoms. The zero-order valence-corrected chi connectivity index (χ0v) is 21.4. The molecule has 0 aromatic heterocycles. The van der Waals surface area contributed by atoms with Crippen molar-refractivity contribution in [3.63, 3.8) is 0 Å². The number of nitrogens with one attached hydrogen (secondary N) is 1. The van der Waals surface area contributed by atoms with Gasteiger partial charge in [0.15, 0.2) is 11.1 Å². The van der Waals surface area contributed by atoms with E-state index in [4.69, 9.17) is 4.18 Å². The number of hydrogen-bond acceptors (Lipinski definition) is 4. The third kappa shape index (κ3) is 9.05. The average molecular weight is 472 g/mol. The minimum absolute atomic E-state index is 0.182. The molecule has 2 rings (SSSR count). The van der Waals surface area contributed by atoms with E-state index in [-0.39, 0.29) is 6.61 Å². The van der Waals surface area contributed by atoms with Crippen molar-refractivity contribution in [1.82, 2.24) is 0 Å². The molecule has 0 radical (unpaired) electrons. The zero-order chi connectivity index (χ0) is 23.9. The molecule has 0 aliphatic heterocycles. The average Bonchev–Trinajstić information content (AvgIpc) is 2.85. The van der Waals surface area contributed by atoms with Crippen LogP contribution in [0.4, 0.5) is 5.69 Å². The van der Waals surface area contributed by atoms with Gasteiger partial charge in [0.05, 0.1) is 16.9 Å². The lowest BCUT2D eigenvalue weighted by Crippen LogP contribution is -2.28. The maximum Gasteiger partial charge on any atom is 0.189 e. The summed E-state index contributed by atoms with van der Waals surface area (Å²) in [6.07, 6.45) is 9.95. The number of aldehydes is 1. The van der Waals surface area contributed by atoms with E-state index in [0.29, 0.717) is 17.7 Å². The number of carbonyl (C=O) groups is 1. The van der Waals surface area contributed by atoms with Crippen molar-refractivity contribution < 1.29 is 13.2 Å². The molecule has 2 atom stereocenters. The Hall–Kier alpha value is -1.98. The quantitative estimate of drug-likeness (QED) is 0.198. The molecular weight excluding hydrogens is 430 g/mol. The number of carbonyl (C=O) groups excluding carboxylic acids is 1. The van der Waals surface area contributed by atoms with Crippen molar-refractivity contribution in [3.8, 4) is 0 Å². The number of unbranched alkanes of at least 4 members (excludes halogenated alkanes) is 4. The molecule has 0 saturated carbocycles. The Morgan fingerprint density at radius 2 is 1.73 bits per heavy atom. The lowest BCUT2D eigenvalue weighted by atomic mass is 9.83. The molecule has 182 valence electrons. The van der Waals surface area contributed by atoms with Gasteiger partial charge in [-0.3, -0.25) is 4.18 Å². The van der Waals surface area contributed by atoms with Crippen LogP contribution in [-0.2, 0) is 26.5 Å². The molecule has 0 spiro atoms. The summed E-state index contributed by atoms with van der Waals surface area (Å²) < 4.78 is 19.0. The second-order valence-corrected chi connectivity index (χ2v) is 10.1. The van der Waals surface area contributed by atoms with Gasteiger partial charge in [-0.05, 0) is 55.0 Å². The highest BCUT2D eigenvalue weighted by molar-refractivity contribution is 7.80. The highest BCUT2D eigenvalue weighted by Gasteiger charge is 2.29. The first-order chi connectivity index (χ1) is 16.1. The van der Waals surface area contributed by atoms with E-state index in [1.54, 1.807) is 0 Å². The molecule has 0 saturated heterocycles. The number of hydrogen-bond donors (Lipinski definition) is 1. The van der Waals surface area contributed by atoms with E-state index in [9.17, 15) is 9.00 Å². The summed E-state index contributed by atoms with van der Waals surface area (Å²) in [6, 6.07) is 16.2. The van der Waals surface area contributed by atoms with Crippen LogP contribution in [0.25, 0.3) is 0 Å². The fraction of sp³-hybridized carbons (Fsp3) is 0.536. The van der Waals surface area contributed by atoms with Gasteiger partial charge >= 0.3 is 0 Å². The Bertz CT molecular complexity index is 855. The van der Waals surface area contributed by atoms with Crippen molar-refractivity contribution in [1.29, 1.82) is 0 Å². The van der Waals surface area contributed by atoms with E-state index >= 15 is 0 Å². The summed E-state index contributed by atoms with van der Waals surface area (Å²) in [4.78, 5) is 12.5. The molecule has 2 unspecified atom stereocenters. The Kier molecular flexibility index (Phi) is 12.4. The van der Waals surface area contributed by atoms with Crippen molar-refractivity contribution in [2.24, 2.45) is 5.41 Å². The Balaban J connectivity index is 2.17. The van der Waals surface area contributed by atoms with Crippen LogP contribution in [0.3, 0.4) is 0 Å². The summed E-state index contributed by atoms with van der Waals surface area (Å²) in [7, 11) is 0. The summed E-state index contributed by atoms with van der Waals surface area (Å²) in [5, 5.41) is 3.51. The number of rotatable bonds is 17.